The summed E-state index contributed by atoms with van der Waals surface area (Å²) >= 11 is 0. The van der Waals surface area contributed by atoms with Crippen LogP contribution in [-0.2, 0) is 13.9 Å². The predicted molar refractivity (Wildman–Crippen MR) is 85.6 cm³/mol. The number of hydrogen-bond donors (Lipinski definition) is 0. The van der Waals surface area contributed by atoms with Gasteiger partial charge in [0.05, 0.1) is 6.08 Å². The summed E-state index contributed by atoms with van der Waals surface area (Å²) in [6.45, 7) is 21.2. The first-order valence-corrected chi connectivity index (χ1v) is 9.63. The molecular weight excluding hydrogens is 268 g/mol. The average Bonchev–Trinajstić information content (AvgIpc) is 2.21. The average molecular weight is 298 g/mol. The van der Waals surface area contributed by atoms with Crippen molar-refractivity contribution in [2.24, 2.45) is 0 Å². The first kappa shape index (κ1) is 17.1. The molecule has 0 unspecified atom stereocenters. The van der Waals surface area contributed by atoms with Gasteiger partial charge in [-0.05, 0) is 16.6 Å². The van der Waals surface area contributed by atoms with E-state index in [-0.39, 0.29) is 0 Å². The lowest BCUT2D eigenvalue weighted by atomic mass is 10.3. The summed E-state index contributed by atoms with van der Waals surface area (Å²) in [7, 11) is -2.00. The Morgan fingerprint density at radius 3 is 1.80 bits per heavy atom. The molecule has 116 valence electrons. The molecule has 0 saturated carbocycles. The van der Waals surface area contributed by atoms with Crippen molar-refractivity contribution < 1.29 is 13.9 Å². The van der Waals surface area contributed by atoms with Gasteiger partial charge in [0.1, 0.15) is 5.76 Å². The van der Waals surface area contributed by atoms with Crippen molar-refractivity contribution in [2.45, 2.75) is 77.8 Å². The lowest BCUT2D eigenvalue weighted by Crippen LogP contribution is -2.48. The van der Waals surface area contributed by atoms with Crippen molar-refractivity contribution in [1.29, 1.82) is 0 Å². The molecule has 0 aromatic carbocycles. The van der Waals surface area contributed by atoms with Crippen LogP contribution in [0.4, 0.5) is 0 Å². The Balaban J connectivity index is 3.11. The molecule has 1 heterocycles. The highest BCUT2D eigenvalue weighted by Gasteiger charge is 2.48. The molecule has 0 aromatic heterocycles. The topological polar surface area (TPSA) is 27.7 Å². The molecule has 1 rings (SSSR count). The maximum atomic E-state index is 6.51. The summed E-state index contributed by atoms with van der Waals surface area (Å²) in [4.78, 5) is 0. The molecule has 0 aliphatic carbocycles. The molecule has 1 aliphatic rings. The number of hydrogen-bond acceptors (Lipinski definition) is 3. The number of ether oxygens (including phenoxy) is 2. The van der Waals surface area contributed by atoms with Crippen molar-refractivity contribution in [3.8, 4) is 0 Å². The van der Waals surface area contributed by atoms with E-state index in [0.717, 1.165) is 0 Å². The molecule has 0 saturated heterocycles. The molecule has 0 radical (unpaired) electrons. The summed E-state index contributed by atoms with van der Waals surface area (Å²) in [5, 5.41) is 0. The molecular formula is C16H30O3Si. The summed E-state index contributed by atoms with van der Waals surface area (Å²) < 4.78 is 17.9. The van der Waals surface area contributed by atoms with Gasteiger partial charge in [0.2, 0.25) is 5.79 Å². The van der Waals surface area contributed by atoms with Crippen LogP contribution in [-0.4, -0.2) is 14.1 Å². The molecule has 0 spiro atoms. The van der Waals surface area contributed by atoms with Gasteiger partial charge in [-0.2, -0.15) is 0 Å². The van der Waals surface area contributed by atoms with Gasteiger partial charge < -0.3 is 13.9 Å². The fourth-order valence-corrected chi connectivity index (χ4v) is 8.50. The van der Waals surface area contributed by atoms with Gasteiger partial charge in [0.15, 0.2) is 0 Å². The van der Waals surface area contributed by atoms with E-state index >= 15 is 0 Å². The lowest BCUT2D eigenvalue weighted by molar-refractivity contribution is -0.194. The van der Waals surface area contributed by atoms with Crippen LogP contribution in [0.2, 0.25) is 16.6 Å². The minimum atomic E-state index is -2.00. The quantitative estimate of drug-likeness (QED) is 0.643. The van der Waals surface area contributed by atoms with Gasteiger partial charge in [-0.1, -0.05) is 48.1 Å². The van der Waals surface area contributed by atoms with Crippen molar-refractivity contribution in [2.75, 3.05) is 0 Å². The first-order valence-electron chi connectivity index (χ1n) is 7.49. The molecule has 0 bridgehead atoms. The van der Waals surface area contributed by atoms with Crippen LogP contribution in [0.3, 0.4) is 0 Å². The van der Waals surface area contributed by atoms with Crippen LogP contribution in [0.25, 0.3) is 0 Å². The Kier molecular flexibility index (Phi) is 5.01. The van der Waals surface area contributed by atoms with E-state index in [1.807, 2.05) is 13.8 Å². The van der Waals surface area contributed by atoms with Crippen molar-refractivity contribution in [1.82, 2.24) is 0 Å². The second-order valence-corrected chi connectivity index (χ2v) is 12.3. The van der Waals surface area contributed by atoms with Crippen LogP contribution < -0.4 is 0 Å². The third-order valence-electron chi connectivity index (χ3n) is 3.99. The van der Waals surface area contributed by atoms with E-state index in [0.29, 0.717) is 28.3 Å². The van der Waals surface area contributed by atoms with Crippen LogP contribution >= 0.6 is 0 Å². The summed E-state index contributed by atoms with van der Waals surface area (Å²) in [6.07, 6.45) is 1.76. The zero-order valence-electron chi connectivity index (χ0n) is 14.2. The highest BCUT2D eigenvalue weighted by molar-refractivity contribution is 6.77. The summed E-state index contributed by atoms with van der Waals surface area (Å²) in [6, 6.07) is 0. The minimum absolute atomic E-state index is 0.506. The Hall–Kier alpha value is -0.903. The van der Waals surface area contributed by atoms with E-state index in [2.05, 4.69) is 48.1 Å². The van der Waals surface area contributed by atoms with E-state index in [1.54, 1.807) is 6.08 Å². The van der Waals surface area contributed by atoms with E-state index in [1.165, 1.54) is 0 Å². The minimum Gasteiger partial charge on any atom is -0.518 e. The number of allylic oxidation sites excluding steroid dienone is 1. The fraction of sp³-hybridized carbons (Fsp3) is 0.750. The SMILES string of the molecule is C=C1C=C(O[Si](C(C)C)(C(C)C)C(C)C)OC(C)(C)O1. The van der Waals surface area contributed by atoms with Crippen LogP contribution in [0.5, 0.6) is 0 Å². The van der Waals surface area contributed by atoms with Gasteiger partial charge in [-0.3, -0.25) is 0 Å². The van der Waals surface area contributed by atoms with Crippen molar-refractivity contribution >= 4 is 8.32 Å². The molecule has 4 heteroatoms. The molecule has 3 nitrogen and oxygen atoms in total. The van der Waals surface area contributed by atoms with Gasteiger partial charge >= 0.3 is 0 Å². The summed E-state index contributed by atoms with van der Waals surface area (Å²) in [5.74, 6) is 0.441. The molecule has 0 amide bonds. The number of rotatable bonds is 5. The van der Waals surface area contributed by atoms with Crippen LogP contribution in [0.1, 0.15) is 55.4 Å². The smallest absolute Gasteiger partial charge is 0.272 e. The first-order chi connectivity index (χ1) is 9.01. The Morgan fingerprint density at radius 2 is 1.45 bits per heavy atom. The van der Waals surface area contributed by atoms with E-state index in [4.69, 9.17) is 13.9 Å². The van der Waals surface area contributed by atoms with Crippen LogP contribution in [0.15, 0.2) is 24.4 Å². The Bertz CT molecular complexity index is 373. The molecule has 20 heavy (non-hydrogen) atoms. The summed E-state index contributed by atoms with van der Waals surface area (Å²) in [5.41, 5.74) is 1.52. The maximum absolute atomic E-state index is 6.51. The highest BCUT2D eigenvalue weighted by Crippen LogP contribution is 2.44. The second-order valence-electron chi connectivity index (χ2n) is 6.95. The largest absolute Gasteiger partial charge is 0.518 e. The van der Waals surface area contributed by atoms with Gasteiger partial charge in [0, 0.05) is 13.8 Å². The van der Waals surface area contributed by atoms with Gasteiger partial charge in [0.25, 0.3) is 14.3 Å². The molecule has 0 aromatic rings. The van der Waals surface area contributed by atoms with Crippen LogP contribution in [0, 0.1) is 0 Å². The maximum Gasteiger partial charge on any atom is 0.272 e. The monoisotopic (exact) mass is 298 g/mol. The zero-order chi connectivity index (χ0) is 15.7. The molecule has 0 fully saturated rings. The third-order valence-corrected chi connectivity index (χ3v) is 9.96. The van der Waals surface area contributed by atoms with E-state index in [9.17, 15) is 0 Å². The highest BCUT2D eigenvalue weighted by atomic mass is 28.4. The second kappa shape index (κ2) is 5.84. The third kappa shape index (κ3) is 3.40. The van der Waals surface area contributed by atoms with E-state index < -0.39 is 14.1 Å². The normalized spacial score (nSPS) is 18.9. The standard InChI is InChI=1S/C16H30O3Si/c1-11(2)20(12(3)4,13(5)6)19-15-10-14(7)17-16(8,9)18-15/h10-13H,7H2,1-6,8-9H3. The van der Waals surface area contributed by atoms with Crippen molar-refractivity contribution in [3.05, 3.63) is 24.4 Å². The fourth-order valence-electron chi connectivity index (χ4n) is 3.35. The lowest BCUT2D eigenvalue weighted by Gasteiger charge is -2.44. The van der Waals surface area contributed by atoms with Gasteiger partial charge in [-0.25, -0.2) is 0 Å². The molecule has 0 atom stereocenters. The molecule has 1 aliphatic heterocycles. The molecule has 0 N–H and O–H groups in total. The zero-order valence-corrected chi connectivity index (χ0v) is 15.2. The van der Waals surface area contributed by atoms with Gasteiger partial charge in [-0.15, -0.1) is 0 Å². The van der Waals surface area contributed by atoms with Crippen molar-refractivity contribution in [3.63, 3.8) is 0 Å². The Morgan fingerprint density at radius 1 is 1.00 bits per heavy atom. The predicted octanol–water partition coefficient (Wildman–Crippen LogP) is 5.32. The Labute approximate surface area is 125 Å².